The normalized spacial score (nSPS) is 12.8. The Morgan fingerprint density at radius 1 is 0.792 bits per heavy atom. The lowest BCUT2D eigenvalue weighted by Crippen LogP contribution is -2.16. The van der Waals surface area contributed by atoms with Crippen LogP contribution in [0.2, 0.25) is 0 Å². The summed E-state index contributed by atoms with van der Waals surface area (Å²) < 4.78 is -3.78. The van der Waals surface area contributed by atoms with Gasteiger partial charge in [-0.15, -0.1) is 0 Å². The first-order valence-corrected chi connectivity index (χ1v) is 8.65. The van der Waals surface area contributed by atoms with Crippen LogP contribution in [-0.2, 0) is 14.2 Å². The topological polar surface area (TPSA) is 58.9 Å². The first-order valence-electron chi connectivity index (χ1n) is 6.38. The molecule has 2 aromatic rings. The third-order valence-corrected chi connectivity index (χ3v) is 3.76. The van der Waals surface area contributed by atoms with Crippen molar-refractivity contribution >= 4 is 81.8 Å². The Morgan fingerprint density at radius 3 is 1.71 bits per heavy atom. The van der Waals surface area contributed by atoms with Gasteiger partial charge in [-0.3, -0.25) is 0 Å². The molecule has 0 aliphatic heterocycles. The summed E-state index contributed by atoms with van der Waals surface area (Å²) in [6.07, 6.45) is 3.29. The minimum absolute atomic E-state index is 0.0311. The van der Waals surface area contributed by atoms with Gasteiger partial charge in [0.2, 0.25) is 7.59 Å². The van der Waals surface area contributed by atoms with E-state index in [0.29, 0.717) is 0 Å². The first kappa shape index (κ1) is 20.0. The second-order valence-electron chi connectivity index (χ2n) is 4.57. The van der Waals surface area contributed by atoms with E-state index in [1.165, 1.54) is 0 Å². The van der Waals surface area contributed by atoms with Crippen LogP contribution in [0.1, 0.15) is 28.6 Å². The number of rotatable bonds is 3. The van der Waals surface area contributed by atoms with Crippen molar-refractivity contribution in [3.8, 4) is 0 Å². The van der Waals surface area contributed by atoms with Gasteiger partial charge in [0.05, 0.1) is 6.61 Å². The highest BCUT2D eigenvalue weighted by molar-refractivity contribution is 6.67. The number of alkyl halides is 6. The van der Waals surface area contributed by atoms with Crippen molar-refractivity contribution in [3.05, 3.63) is 52.9 Å². The molecule has 0 unspecified atom stereocenters. The number of aliphatic hydroxyl groups is 1. The molecule has 1 heterocycles. The molecule has 0 spiro atoms. The summed E-state index contributed by atoms with van der Waals surface area (Å²) in [5, 5.41) is 9.03. The zero-order chi connectivity index (χ0) is 18.0. The lowest BCUT2D eigenvalue weighted by atomic mass is 10.1. The van der Waals surface area contributed by atoms with E-state index >= 15 is 0 Å². The van der Waals surface area contributed by atoms with Gasteiger partial charge in [-0.05, 0) is 17.2 Å². The van der Waals surface area contributed by atoms with Gasteiger partial charge in [0.25, 0.3) is 0 Å². The van der Waals surface area contributed by atoms with Crippen LogP contribution < -0.4 is 0 Å². The van der Waals surface area contributed by atoms with Crippen molar-refractivity contribution in [2.24, 2.45) is 0 Å². The predicted octanol–water partition coefficient (Wildman–Crippen LogP) is 5.19. The molecule has 0 saturated carbocycles. The second kappa shape index (κ2) is 7.92. The van der Waals surface area contributed by atoms with Crippen LogP contribution in [0.25, 0.3) is 12.2 Å². The first-order chi connectivity index (χ1) is 11.1. The Morgan fingerprint density at radius 2 is 1.29 bits per heavy atom. The fourth-order valence-corrected chi connectivity index (χ4v) is 2.13. The third kappa shape index (κ3) is 5.60. The van der Waals surface area contributed by atoms with Gasteiger partial charge in [0.15, 0.2) is 17.5 Å². The van der Waals surface area contributed by atoms with E-state index in [1.54, 1.807) is 24.3 Å². The number of nitrogens with zero attached hydrogens (tertiary/aromatic N) is 3. The molecule has 0 aliphatic carbocycles. The van der Waals surface area contributed by atoms with E-state index < -0.39 is 7.59 Å². The molecular formula is C14H9Cl6N3O. The number of halogens is 6. The molecule has 0 amide bonds. The van der Waals surface area contributed by atoms with Crippen LogP contribution in [0.5, 0.6) is 0 Å². The summed E-state index contributed by atoms with van der Waals surface area (Å²) in [6, 6.07) is 7.20. The van der Waals surface area contributed by atoms with E-state index in [9.17, 15) is 0 Å². The molecule has 4 nitrogen and oxygen atoms in total. The molecule has 0 radical (unpaired) electrons. The van der Waals surface area contributed by atoms with Gasteiger partial charge >= 0.3 is 0 Å². The smallest absolute Gasteiger partial charge is 0.250 e. The number of hydrogen-bond donors (Lipinski definition) is 1. The minimum atomic E-state index is -1.89. The average Bonchev–Trinajstić information content (AvgIpc) is 2.51. The third-order valence-electron chi connectivity index (χ3n) is 2.75. The van der Waals surface area contributed by atoms with Crippen LogP contribution in [0.15, 0.2) is 24.3 Å². The molecule has 0 saturated heterocycles. The van der Waals surface area contributed by atoms with Crippen molar-refractivity contribution in [2.45, 2.75) is 14.2 Å². The Hall–Kier alpha value is -0.330. The fraction of sp³-hybridized carbons (Fsp3) is 0.214. The monoisotopic (exact) mass is 445 g/mol. The molecule has 0 bridgehead atoms. The molecule has 10 heteroatoms. The zero-order valence-electron chi connectivity index (χ0n) is 11.7. The lowest BCUT2D eigenvalue weighted by Gasteiger charge is -2.14. The summed E-state index contributed by atoms with van der Waals surface area (Å²) in [4.78, 5) is 12.0. The maximum absolute atomic E-state index is 9.03. The van der Waals surface area contributed by atoms with Crippen LogP contribution in [0, 0.1) is 0 Å². The molecule has 0 atom stereocenters. The summed E-state index contributed by atoms with van der Waals surface area (Å²) >= 11 is 34.8. The Balaban J connectivity index is 2.39. The van der Waals surface area contributed by atoms with Crippen molar-refractivity contribution < 1.29 is 5.11 Å². The van der Waals surface area contributed by atoms with Gasteiger partial charge in [0, 0.05) is 0 Å². The number of aliphatic hydroxyl groups excluding tert-OH is 1. The fourth-order valence-electron chi connectivity index (χ4n) is 1.63. The number of hydrogen-bond acceptors (Lipinski definition) is 4. The van der Waals surface area contributed by atoms with Crippen LogP contribution >= 0.6 is 69.6 Å². The second-order valence-corrected chi connectivity index (χ2v) is 9.13. The maximum Gasteiger partial charge on any atom is 0.250 e. The summed E-state index contributed by atoms with van der Waals surface area (Å²) in [5.41, 5.74) is 1.64. The van der Waals surface area contributed by atoms with E-state index in [-0.39, 0.29) is 24.1 Å². The molecular weight excluding hydrogens is 439 g/mol. The van der Waals surface area contributed by atoms with Crippen LogP contribution in [0.4, 0.5) is 0 Å². The maximum atomic E-state index is 9.03. The Labute approximate surface area is 168 Å². The zero-order valence-corrected chi connectivity index (χ0v) is 16.3. The number of aromatic nitrogens is 3. The molecule has 0 fully saturated rings. The molecule has 1 aromatic carbocycles. The van der Waals surface area contributed by atoms with Gasteiger partial charge in [0.1, 0.15) is 0 Å². The standard InChI is InChI=1S/C14H9Cl6N3O/c15-13(16,17)11-21-10(22-12(23-11)14(18,19)20)6-5-8-1-3-9(7-24)4-2-8/h1-6,24H,7H2/b6-5+. The Kier molecular flexibility index (Phi) is 6.59. The van der Waals surface area contributed by atoms with Crippen molar-refractivity contribution in [3.63, 3.8) is 0 Å². The molecule has 24 heavy (non-hydrogen) atoms. The highest BCUT2D eigenvalue weighted by Gasteiger charge is 2.33. The average molecular weight is 448 g/mol. The minimum Gasteiger partial charge on any atom is -0.392 e. The van der Waals surface area contributed by atoms with Crippen molar-refractivity contribution in [1.82, 2.24) is 15.0 Å². The largest absolute Gasteiger partial charge is 0.392 e. The lowest BCUT2D eigenvalue weighted by molar-refractivity contribution is 0.282. The highest BCUT2D eigenvalue weighted by atomic mass is 35.6. The summed E-state index contributed by atoms with van der Waals surface area (Å²) in [6.45, 7) is -0.0311. The predicted molar refractivity (Wildman–Crippen MR) is 99.6 cm³/mol. The van der Waals surface area contributed by atoms with E-state index in [0.717, 1.165) is 11.1 Å². The van der Waals surface area contributed by atoms with Gasteiger partial charge in [-0.1, -0.05) is 99.9 Å². The van der Waals surface area contributed by atoms with Gasteiger partial charge in [-0.2, -0.15) is 0 Å². The summed E-state index contributed by atoms with van der Waals surface area (Å²) in [5.74, 6) is -0.142. The number of benzene rings is 1. The molecule has 2 rings (SSSR count). The molecule has 128 valence electrons. The van der Waals surface area contributed by atoms with Crippen LogP contribution in [0.3, 0.4) is 0 Å². The van der Waals surface area contributed by atoms with E-state index in [4.69, 9.17) is 74.7 Å². The van der Waals surface area contributed by atoms with Gasteiger partial charge < -0.3 is 5.11 Å². The molecule has 0 aliphatic rings. The van der Waals surface area contributed by atoms with Gasteiger partial charge in [-0.25, -0.2) is 15.0 Å². The highest BCUT2D eigenvalue weighted by Crippen LogP contribution is 2.39. The van der Waals surface area contributed by atoms with E-state index in [2.05, 4.69) is 15.0 Å². The van der Waals surface area contributed by atoms with Crippen molar-refractivity contribution in [1.29, 1.82) is 0 Å². The Bertz CT molecular complexity index is 705. The van der Waals surface area contributed by atoms with Crippen LogP contribution in [-0.4, -0.2) is 20.1 Å². The molecule has 1 N–H and O–H groups in total. The van der Waals surface area contributed by atoms with E-state index in [1.807, 2.05) is 12.1 Å². The SMILES string of the molecule is OCc1ccc(/C=C/c2nc(C(Cl)(Cl)Cl)nc(C(Cl)(Cl)Cl)n2)cc1. The quantitative estimate of drug-likeness (QED) is 0.658. The van der Waals surface area contributed by atoms with Crippen molar-refractivity contribution in [2.75, 3.05) is 0 Å². The molecule has 1 aromatic heterocycles. The summed E-state index contributed by atoms with van der Waals surface area (Å²) in [7, 11) is 0.